The Morgan fingerprint density at radius 2 is 2.17 bits per heavy atom. The molecule has 0 bridgehead atoms. The van der Waals surface area contributed by atoms with Crippen molar-refractivity contribution in [1.29, 1.82) is 0 Å². The molecule has 1 fully saturated rings. The Morgan fingerprint density at radius 1 is 1.26 bits per heavy atom. The number of hydrogen-bond acceptors (Lipinski definition) is 6. The topological polar surface area (TPSA) is 50.1 Å². The Hall–Kier alpha value is -1.99. The SMILES string of the molecule is C[C@@H]1CN(c2ncnc3sccc23)CCN1Cc1nccn1C. The Labute approximate surface area is 139 Å². The van der Waals surface area contributed by atoms with E-state index < -0.39 is 0 Å². The van der Waals surface area contributed by atoms with Gasteiger partial charge in [0, 0.05) is 45.1 Å². The number of nitrogens with zero attached hydrogens (tertiary/aromatic N) is 6. The van der Waals surface area contributed by atoms with Gasteiger partial charge in [-0.25, -0.2) is 15.0 Å². The Bertz CT molecular complexity index is 810. The number of aryl methyl sites for hydroxylation is 1. The van der Waals surface area contributed by atoms with Crippen molar-refractivity contribution in [2.24, 2.45) is 7.05 Å². The summed E-state index contributed by atoms with van der Waals surface area (Å²) in [6, 6.07) is 2.59. The third-order valence-corrected chi connectivity index (χ3v) is 5.39. The normalized spacial score (nSPS) is 19.6. The van der Waals surface area contributed by atoms with Crippen LogP contribution in [0.5, 0.6) is 0 Å². The highest BCUT2D eigenvalue weighted by Gasteiger charge is 2.26. The third kappa shape index (κ3) is 2.70. The van der Waals surface area contributed by atoms with Crippen LogP contribution in [0.2, 0.25) is 0 Å². The van der Waals surface area contributed by atoms with Crippen LogP contribution in [0.3, 0.4) is 0 Å². The molecule has 0 radical (unpaired) electrons. The van der Waals surface area contributed by atoms with E-state index in [1.807, 2.05) is 12.4 Å². The van der Waals surface area contributed by atoms with Crippen molar-refractivity contribution in [2.45, 2.75) is 19.5 Å². The molecule has 1 saturated heterocycles. The van der Waals surface area contributed by atoms with Gasteiger partial charge in [-0.2, -0.15) is 0 Å². The Balaban J connectivity index is 1.51. The molecular formula is C16H20N6S. The first-order chi connectivity index (χ1) is 11.2. The summed E-state index contributed by atoms with van der Waals surface area (Å²) in [6.45, 7) is 6.16. The predicted octanol–water partition coefficient (Wildman–Crippen LogP) is 2.14. The van der Waals surface area contributed by atoms with E-state index in [9.17, 15) is 0 Å². The molecule has 3 aromatic rings. The number of aromatic nitrogens is 4. The zero-order valence-electron chi connectivity index (χ0n) is 13.4. The summed E-state index contributed by atoms with van der Waals surface area (Å²) < 4.78 is 2.10. The van der Waals surface area contributed by atoms with Crippen molar-refractivity contribution >= 4 is 27.4 Å². The fourth-order valence-electron chi connectivity index (χ4n) is 3.18. The van der Waals surface area contributed by atoms with Gasteiger partial charge in [0.25, 0.3) is 0 Å². The lowest BCUT2D eigenvalue weighted by atomic mass is 10.2. The summed E-state index contributed by atoms with van der Waals surface area (Å²) in [7, 11) is 2.05. The van der Waals surface area contributed by atoms with Crippen molar-refractivity contribution in [3.63, 3.8) is 0 Å². The van der Waals surface area contributed by atoms with E-state index in [0.29, 0.717) is 6.04 Å². The molecule has 0 N–H and O–H groups in total. The van der Waals surface area contributed by atoms with Gasteiger partial charge in [-0.15, -0.1) is 11.3 Å². The van der Waals surface area contributed by atoms with E-state index in [1.165, 1.54) is 5.39 Å². The molecule has 0 aromatic carbocycles. The summed E-state index contributed by atoms with van der Waals surface area (Å²) in [5, 5.41) is 3.26. The quantitative estimate of drug-likeness (QED) is 0.737. The molecule has 3 aromatic heterocycles. The second-order valence-electron chi connectivity index (χ2n) is 6.06. The maximum Gasteiger partial charge on any atom is 0.140 e. The largest absolute Gasteiger partial charge is 0.353 e. The molecule has 6 nitrogen and oxygen atoms in total. The van der Waals surface area contributed by atoms with Crippen LogP contribution < -0.4 is 4.90 Å². The fourth-order valence-corrected chi connectivity index (χ4v) is 3.91. The number of piperazine rings is 1. The van der Waals surface area contributed by atoms with Crippen LogP contribution in [0.25, 0.3) is 10.2 Å². The van der Waals surface area contributed by atoms with Gasteiger partial charge in [0.15, 0.2) is 0 Å². The minimum atomic E-state index is 0.462. The van der Waals surface area contributed by atoms with Crippen molar-refractivity contribution in [3.05, 3.63) is 36.0 Å². The number of rotatable bonds is 3. The molecule has 0 saturated carbocycles. The highest BCUT2D eigenvalue weighted by molar-refractivity contribution is 7.16. The standard InChI is InChI=1S/C16H20N6S/c1-12-9-22(15-13-3-8-23-16(13)19-11-18-15)7-6-21(12)10-14-17-4-5-20(14)2/h3-5,8,11-12H,6-7,9-10H2,1-2H3/t12-/m1/s1. The lowest BCUT2D eigenvalue weighted by Crippen LogP contribution is -2.52. The van der Waals surface area contributed by atoms with Gasteiger partial charge < -0.3 is 9.47 Å². The van der Waals surface area contributed by atoms with Gasteiger partial charge >= 0.3 is 0 Å². The first-order valence-corrected chi connectivity index (χ1v) is 8.74. The lowest BCUT2D eigenvalue weighted by Gasteiger charge is -2.40. The predicted molar refractivity (Wildman–Crippen MR) is 92.7 cm³/mol. The average molecular weight is 328 g/mol. The van der Waals surface area contributed by atoms with Gasteiger partial charge in [-0.1, -0.05) is 0 Å². The van der Waals surface area contributed by atoms with E-state index in [4.69, 9.17) is 0 Å². The molecule has 1 aliphatic rings. The number of hydrogen-bond donors (Lipinski definition) is 0. The molecule has 1 atom stereocenters. The third-order valence-electron chi connectivity index (χ3n) is 4.57. The van der Waals surface area contributed by atoms with Gasteiger partial charge in [-0.3, -0.25) is 4.90 Å². The number of imidazole rings is 1. The van der Waals surface area contributed by atoms with Gasteiger partial charge in [0.05, 0.1) is 11.9 Å². The van der Waals surface area contributed by atoms with Gasteiger partial charge in [0.2, 0.25) is 0 Å². The van der Waals surface area contributed by atoms with Crippen LogP contribution in [0, 0.1) is 0 Å². The molecule has 1 aliphatic heterocycles. The molecule has 120 valence electrons. The fraction of sp³-hybridized carbons (Fsp3) is 0.438. The van der Waals surface area contributed by atoms with Crippen LogP contribution in [0.4, 0.5) is 5.82 Å². The lowest BCUT2D eigenvalue weighted by molar-refractivity contribution is 0.175. The highest BCUT2D eigenvalue weighted by atomic mass is 32.1. The average Bonchev–Trinajstić information content (AvgIpc) is 3.18. The minimum absolute atomic E-state index is 0.462. The van der Waals surface area contributed by atoms with E-state index >= 15 is 0 Å². The summed E-state index contributed by atoms with van der Waals surface area (Å²) >= 11 is 1.67. The summed E-state index contributed by atoms with van der Waals surface area (Å²) in [5.74, 6) is 2.19. The number of fused-ring (bicyclic) bond motifs is 1. The summed E-state index contributed by atoms with van der Waals surface area (Å²) in [5.41, 5.74) is 0. The smallest absolute Gasteiger partial charge is 0.140 e. The maximum atomic E-state index is 4.54. The second-order valence-corrected chi connectivity index (χ2v) is 6.95. The van der Waals surface area contributed by atoms with Crippen LogP contribution in [-0.4, -0.2) is 50.1 Å². The van der Waals surface area contributed by atoms with E-state index in [1.54, 1.807) is 17.7 Å². The molecule has 0 spiro atoms. The summed E-state index contributed by atoms with van der Waals surface area (Å²) in [4.78, 5) is 19.3. The minimum Gasteiger partial charge on any atom is -0.353 e. The van der Waals surface area contributed by atoms with Crippen molar-refractivity contribution in [2.75, 3.05) is 24.5 Å². The van der Waals surface area contributed by atoms with Gasteiger partial charge in [0.1, 0.15) is 22.8 Å². The second kappa shape index (κ2) is 5.90. The van der Waals surface area contributed by atoms with E-state index in [-0.39, 0.29) is 0 Å². The molecule has 7 heteroatoms. The first-order valence-electron chi connectivity index (χ1n) is 7.86. The van der Waals surface area contributed by atoms with Crippen LogP contribution in [-0.2, 0) is 13.6 Å². The van der Waals surface area contributed by atoms with Crippen molar-refractivity contribution in [3.8, 4) is 0 Å². The molecule has 0 unspecified atom stereocenters. The van der Waals surface area contributed by atoms with Crippen molar-refractivity contribution < 1.29 is 0 Å². The van der Waals surface area contributed by atoms with Crippen LogP contribution in [0.1, 0.15) is 12.7 Å². The van der Waals surface area contributed by atoms with Gasteiger partial charge in [-0.05, 0) is 18.4 Å². The van der Waals surface area contributed by atoms with E-state index in [2.05, 4.69) is 54.7 Å². The molecule has 23 heavy (non-hydrogen) atoms. The molecular weight excluding hydrogens is 308 g/mol. The monoisotopic (exact) mass is 328 g/mol. The number of anilines is 1. The first kappa shape index (κ1) is 14.6. The Kier molecular flexibility index (Phi) is 3.74. The molecule has 0 aliphatic carbocycles. The van der Waals surface area contributed by atoms with Crippen molar-refractivity contribution in [1.82, 2.24) is 24.4 Å². The highest BCUT2D eigenvalue weighted by Crippen LogP contribution is 2.28. The van der Waals surface area contributed by atoms with Crippen LogP contribution in [0.15, 0.2) is 30.2 Å². The zero-order chi connectivity index (χ0) is 15.8. The van der Waals surface area contributed by atoms with Crippen LogP contribution >= 0.6 is 11.3 Å². The Morgan fingerprint density at radius 3 is 2.96 bits per heavy atom. The molecule has 4 heterocycles. The van der Waals surface area contributed by atoms with E-state index in [0.717, 1.165) is 42.7 Å². The zero-order valence-corrected chi connectivity index (χ0v) is 14.2. The number of thiophene rings is 1. The summed E-state index contributed by atoms with van der Waals surface area (Å²) in [6.07, 6.45) is 5.55. The maximum absolute atomic E-state index is 4.54. The molecule has 0 amide bonds. The molecule has 4 rings (SSSR count).